The Hall–Kier alpha value is -3.26. The third kappa shape index (κ3) is 4.43. The molecule has 0 bridgehead atoms. The second kappa shape index (κ2) is 8.40. The average Bonchev–Trinajstić information content (AvgIpc) is 2.93. The summed E-state index contributed by atoms with van der Waals surface area (Å²) in [4.78, 5) is 49.7. The summed E-state index contributed by atoms with van der Waals surface area (Å²) in [6.45, 7) is 1.19. The van der Waals surface area contributed by atoms with Crippen molar-refractivity contribution in [3.8, 4) is 0 Å². The minimum Gasteiger partial charge on any atom is -0.452 e. The monoisotopic (exact) mass is 418 g/mol. The molecule has 3 amide bonds. The van der Waals surface area contributed by atoms with E-state index in [1.807, 2.05) is 0 Å². The Balaban J connectivity index is 1.52. The molecule has 150 valence electrons. The number of ether oxygens (including phenoxy) is 1. The fraction of sp³-hybridized carbons (Fsp3) is 0.200. The number of carbonyl (C=O) groups is 4. The quantitative estimate of drug-likeness (QED) is 0.575. The highest BCUT2D eigenvalue weighted by Gasteiger charge is 2.35. The Morgan fingerprint density at radius 2 is 1.76 bits per heavy atom. The van der Waals surface area contributed by atoms with Crippen molar-refractivity contribution >= 4 is 41.0 Å². The molecule has 1 N–H and O–H groups in total. The minimum absolute atomic E-state index is 0.00232. The SMILES string of the molecule is CC(OC(=O)CCN1C(=O)c2ccccc2C1=O)C(=O)Nc1ccc(F)cc1Cl. The summed E-state index contributed by atoms with van der Waals surface area (Å²) in [5.41, 5.74) is 0.747. The summed E-state index contributed by atoms with van der Waals surface area (Å²) in [6, 6.07) is 9.83. The number of hydrogen-bond acceptors (Lipinski definition) is 5. The van der Waals surface area contributed by atoms with Crippen molar-refractivity contribution in [2.75, 3.05) is 11.9 Å². The van der Waals surface area contributed by atoms with Crippen molar-refractivity contribution in [3.05, 3.63) is 64.4 Å². The van der Waals surface area contributed by atoms with Gasteiger partial charge in [-0.1, -0.05) is 23.7 Å². The number of carbonyl (C=O) groups excluding carboxylic acids is 4. The lowest BCUT2D eigenvalue weighted by Crippen LogP contribution is -2.34. The molecule has 29 heavy (non-hydrogen) atoms. The van der Waals surface area contributed by atoms with Crippen LogP contribution in [0.25, 0.3) is 0 Å². The van der Waals surface area contributed by atoms with Gasteiger partial charge in [-0.15, -0.1) is 0 Å². The van der Waals surface area contributed by atoms with Crippen LogP contribution in [0.2, 0.25) is 5.02 Å². The Morgan fingerprint density at radius 3 is 2.34 bits per heavy atom. The summed E-state index contributed by atoms with van der Waals surface area (Å²) in [7, 11) is 0. The van der Waals surface area contributed by atoms with Crippen LogP contribution >= 0.6 is 11.6 Å². The Bertz CT molecular complexity index is 975. The zero-order valence-corrected chi connectivity index (χ0v) is 16.0. The number of nitrogens with zero attached hydrogens (tertiary/aromatic N) is 1. The number of anilines is 1. The van der Waals surface area contributed by atoms with Crippen LogP contribution in [0, 0.1) is 5.82 Å². The molecule has 0 radical (unpaired) electrons. The molecule has 7 nitrogen and oxygen atoms in total. The van der Waals surface area contributed by atoms with E-state index in [-0.39, 0.29) is 34.8 Å². The number of benzene rings is 2. The first-order chi connectivity index (χ1) is 13.8. The van der Waals surface area contributed by atoms with Crippen molar-refractivity contribution in [2.24, 2.45) is 0 Å². The van der Waals surface area contributed by atoms with Gasteiger partial charge in [0.2, 0.25) is 0 Å². The largest absolute Gasteiger partial charge is 0.452 e. The van der Waals surface area contributed by atoms with Crippen molar-refractivity contribution in [1.82, 2.24) is 4.90 Å². The van der Waals surface area contributed by atoms with Crippen LogP contribution in [-0.4, -0.2) is 41.2 Å². The highest BCUT2D eigenvalue weighted by molar-refractivity contribution is 6.33. The van der Waals surface area contributed by atoms with Gasteiger partial charge in [-0.3, -0.25) is 24.1 Å². The van der Waals surface area contributed by atoms with Gasteiger partial charge >= 0.3 is 5.97 Å². The first-order valence-corrected chi connectivity index (χ1v) is 9.06. The number of nitrogens with one attached hydrogen (secondary N) is 1. The van der Waals surface area contributed by atoms with Gasteiger partial charge < -0.3 is 10.1 Å². The molecular weight excluding hydrogens is 403 g/mol. The van der Waals surface area contributed by atoms with Crippen LogP contribution in [-0.2, 0) is 14.3 Å². The number of imide groups is 1. The van der Waals surface area contributed by atoms with Gasteiger partial charge in [0.15, 0.2) is 6.10 Å². The predicted octanol–water partition coefficient (Wildman–Crippen LogP) is 3.04. The molecule has 9 heteroatoms. The molecule has 2 aromatic rings. The average molecular weight is 419 g/mol. The lowest BCUT2D eigenvalue weighted by molar-refractivity contribution is -0.153. The van der Waals surface area contributed by atoms with E-state index < -0.39 is 35.6 Å². The molecule has 0 saturated carbocycles. The number of hydrogen-bond donors (Lipinski definition) is 1. The maximum Gasteiger partial charge on any atom is 0.308 e. The van der Waals surface area contributed by atoms with Gasteiger partial charge in [0.1, 0.15) is 5.82 Å². The number of rotatable bonds is 6. The van der Waals surface area contributed by atoms with Crippen molar-refractivity contribution in [3.63, 3.8) is 0 Å². The van der Waals surface area contributed by atoms with Gasteiger partial charge in [-0.25, -0.2) is 4.39 Å². The molecule has 0 spiro atoms. The van der Waals surface area contributed by atoms with E-state index in [0.29, 0.717) is 0 Å². The number of amides is 3. The second-order valence-corrected chi connectivity index (χ2v) is 6.71. The van der Waals surface area contributed by atoms with Gasteiger partial charge in [0, 0.05) is 6.54 Å². The zero-order chi connectivity index (χ0) is 21.1. The van der Waals surface area contributed by atoms with E-state index in [1.165, 1.54) is 13.0 Å². The molecule has 1 aliphatic rings. The first kappa shape index (κ1) is 20.5. The Labute approximate surface area is 170 Å². The molecule has 0 fully saturated rings. The predicted molar refractivity (Wildman–Crippen MR) is 102 cm³/mol. The molecule has 2 aromatic carbocycles. The van der Waals surface area contributed by atoms with Gasteiger partial charge in [-0.05, 0) is 37.3 Å². The maximum absolute atomic E-state index is 13.1. The van der Waals surface area contributed by atoms with Crippen molar-refractivity contribution in [1.29, 1.82) is 0 Å². The molecule has 1 heterocycles. The molecule has 1 unspecified atom stereocenters. The molecule has 0 saturated heterocycles. The number of fused-ring (bicyclic) bond motifs is 1. The highest BCUT2D eigenvalue weighted by atomic mass is 35.5. The lowest BCUT2D eigenvalue weighted by atomic mass is 10.1. The third-order valence-corrected chi connectivity index (χ3v) is 4.60. The van der Waals surface area contributed by atoms with Crippen LogP contribution in [0.5, 0.6) is 0 Å². The Morgan fingerprint density at radius 1 is 1.14 bits per heavy atom. The number of halogens is 2. The fourth-order valence-corrected chi connectivity index (χ4v) is 2.99. The summed E-state index contributed by atoms with van der Waals surface area (Å²) >= 11 is 5.84. The van der Waals surface area contributed by atoms with Gasteiger partial charge in [0.05, 0.1) is 28.3 Å². The molecule has 0 aliphatic carbocycles. The standard InChI is InChI=1S/C20H16ClFN2O5/c1-11(18(26)23-16-7-6-12(22)10-15(16)21)29-17(25)8-9-24-19(27)13-4-2-3-5-14(13)20(24)28/h2-7,10-11H,8-9H2,1H3,(H,23,26). The second-order valence-electron chi connectivity index (χ2n) is 6.30. The van der Waals surface area contributed by atoms with Crippen LogP contribution in [0.4, 0.5) is 10.1 Å². The maximum atomic E-state index is 13.1. The fourth-order valence-electron chi connectivity index (χ4n) is 2.78. The van der Waals surface area contributed by atoms with Crippen LogP contribution in [0.3, 0.4) is 0 Å². The molecule has 0 aromatic heterocycles. The first-order valence-electron chi connectivity index (χ1n) is 8.68. The van der Waals surface area contributed by atoms with Gasteiger partial charge in [-0.2, -0.15) is 0 Å². The van der Waals surface area contributed by atoms with E-state index in [9.17, 15) is 23.6 Å². The topological polar surface area (TPSA) is 92.8 Å². The molecule has 3 rings (SSSR count). The van der Waals surface area contributed by atoms with Crippen molar-refractivity contribution < 1.29 is 28.3 Å². The van der Waals surface area contributed by atoms with Gasteiger partial charge in [0.25, 0.3) is 17.7 Å². The van der Waals surface area contributed by atoms with E-state index in [4.69, 9.17) is 16.3 Å². The lowest BCUT2D eigenvalue weighted by Gasteiger charge is -2.16. The molecule has 1 aliphatic heterocycles. The third-order valence-electron chi connectivity index (χ3n) is 4.28. The normalized spacial score (nSPS) is 13.8. The highest BCUT2D eigenvalue weighted by Crippen LogP contribution is 2.23. The summed E-state index contributed by atoms with van der Waals surface area (Å²) in [5.74, 6) is -2.92. The van der Waals surface area contributed by atoms with E-state index in [1.54, 1.807) is 24.3 Å². The van der Waals surface area contributed by atoms with E-state index in [2.05, 4.69) is 5.32 Å². The summed E-state index contributed by atoms with van der Waals surface area (Å²) in [5, 5.41) is 2.43. The van der Waals surface area contributed by atoms with E-state index >= 15 is 0 Å². The van der Waals surface area contributed by atoms with E-state index in [0.717, 1.165) is 17.0 Å². The smallest absolute Gasteiger partial charge is 0.308 e. The van der Waals surface area contributed by atoms with Crippen LogP contribution in [0.1, 0.15) is 34.1 Å². The molecular formula is C20H16ClFN2O5. The minimum atomic E-state index is -1.16. The van der Waals surface area contributed by atoms with Crippen molar-refractivity contribution in [2.45, 2.75) is 19.4 Å². The Kier molecular flexibility index (Phi) is 5.93. The zero-order valence-electron chi connectivity index (χ0n) is 15.3. The summed E-state index contributed by atoms with van der Waals surface area (Å²) in [6.07, 6.45) is -1.42. The van der Waals surface area contributed by atoms with Crippen LogP contribution < -0.4 is 5.32 Å². The number of esters is 1. The molecule has 1 atom stereocenters. The summed E-state index contributed by atoms with van der Waals surface area (Å²) < 4.78 is 18.1. The van der Waals surface area contributed by atoms with Crippen LogP contribution in [0.15, 0.2) is 42.5 Å².